The molecular formula is C42H36. The van der Waals surface area contributed by atoms with Gasteiger partial charge in [-0.1, -0.05) is 157 Å². The first-order valence-electron chi connectivity index (χ1n) is 14.8. The highest BCUT2D eigenvalue weighted by Gasteiger charge is 2.11. The summed E-state index contributed by atoms with van der Waals surface area (Å²) in [6, 6.07) is 48.0. The highest BCUT2D eigenvalue weighted by Crippen LogP contribution is 2.33. The number of rotatable bonds is 7. The fourth-order valence-corrected chi connectivity index (χ4v) is 5.51. The van der Waals surface area contributed by atoms with Crippen molar-refractivity contribution < 1.29 is 0 Å². The molecule has 5 aromatic carbocycles. The summed E-state index contributed by atoms with van der Waals surface area (Å²) in [6.07, 6.45) is 11.4. The predicted molar refractivity (Wildman–Crippen MR) is 182 cm³/mol. The van der Waals surface area contributed by atoms with E-state index in [1.165, 1.54) is 66.8 Å². The van der Waals surface area contributed by atoms with Gasteiger partial charge < -0.3 is 0 Å². The van der Waals surface area contributed by atoms with Crippen molar-refractivity contribution in [3.63, 3.8) is 0 Å². The normalized spacial score (nSPS) is 13.9. The first kappa shape index (κ1) is 27.2. The number of hydrogen-bond donors (Lipinski definition) is 0. The average Bonchev–Trinajstić information content (AvgIpc) is 3.05. The molecule has 1 aliphatic carbocycles. The maximum atomic E-state index is 2.34. The Kier molecular flexibility index (Phi) is 8.24. The molecule has 0 N–H and O–H groups in total. The molecule has 5 aromatic rings. The minimum absolute atomic E-state index is 1.08. The summed E-state index contributed by atoms with van der Waals surface area (Å²) in [5.41, 5.74) is 15.2. The minimum atomic E-state index is 1.08. The Morgan fingerprint density at radius 2 is 0.929 bits per heavy atom. The highest BCUT2D eigenvalue weighted by atomic mass is 14.2. The third kappa shape index (κ3) is 6.51. The van der Waals surface area contributed by atoms with Crippen LogP contribution in [0.5, 0.6) is 0 Å². The summed E-state index contributed by atoms with van der Waals surface area (Å²) >= 11 is 0. The van der Waals surface area contributed by atoms with Crippen molar-refractivity contribution in [3.05, 3.63) is 190 Å². The molecule has 0 radical (unpaired) electrons. The van der Waals surface area contributed by atoms with Crippen molar-refractivity contribution in [2.45, 2.75) is 26.7 Å². The van der Waals surface area contributed by atoms with Crippen molar-refractivity contribution in [2.24, 2.45) is 0 Å². The lowest BCUT2D eigenvalue weighted by Gasteiger charge is -2.16. The molecule has 0 aliphatic heterocycles. The molecule has 204 valence electrons. The largest absolute Gasteiger partial charge is 0.0730 e. The number of hydrogen-bond acceptors (Lipinski definition) is 0. The molecule has 0 bridgehead atoms. The molecule has 0 spiro atoms. The smallest absolute Gasteiger partial charge is 0.0105 e. The second-order valence-electron chi connectivity index (χ2n) is 11.2. The first-order valence-corrected chi connectivity index (χ1v) is 14.8. The van der Waals surface area contributed by atoms with E-state index in [4.69, 9.17) is 0 Å². The van der Waals surface area contributed by atoms with Crippen LogP contribution in [0.15, 0.2) is 157 Å². The number of aryl methyl sites for hydroxylation is 1. The second-order valence-corrected chi connectivity index (χ2v) is 11.2. The van der Waals surface area contributed by atoms with Gasteiger partial charge in [0.2, 0.25) is 0 Å². The zero-order chi connectivity index (χ0) is 28.7. The quantitative estimate of drug-likeness (QED) is 0.180. The van der Waals surface area contributed by atoms with Crippen LogP contribution in [0.25, 0.3) is 34.4 Å². The van der Waals surface area contributed by atoms with E-state index in [1.54, 1.807) is 0 Å². The van der Waals surface area contributed by atoms with E-state index in [9.17, 15) is 0 Å². The fraction of sp³-hybridized carbons (Fsp3) is 0.0952. The average molecular weight is 541 g/mol. The van der Waals surface area contributed by atoms with E-state index in [2.05, 4.69) is 172 Å². The van der Waals surface area contributed by atoms with E-state index in [0.717, 1.165) is 12.8 Å². The molecule has 0 saturated carbocycles. The van der Waals surface area contributed by atoms with E-state index >= 15 is 0 Å². The van der Waals surface area contributed by atoms with E-state index in [1.807, 2.05) is 0 Å². The molecule has 0 heterocycles. The van der Waals surface area contributed by atoms with Crippen molar-refractivity contribution >= 4 is 23.3 Å². The van der Waals surface area contributed by atoms with Gasteiger partial charge in [0.15, 0.2) is 0 Å². The van der Waals surface area contributed by atoms with Gasteiger partial charge in [0.05, 0.1) is 0 Å². The SMILES string of the molecule is CC1=CC=C(/C(=C/c2ccc(-c3ccc(/C=C(\c4ccccc4)c4ccc(C)cc4)cc3)cc2)c2ccccc2)CC1. The van der Waals surface area contributed by atoms with Crippen LogP contribution in [0.2, 0.25) is 0 Å². The molecule has 42 heavy (non-hydrogen) atoms. The van der Waals surface area contributed by atoms with Gasteiger partial charge in [-0.25, -0.2) is 0 Å². The van der Waals surface area contributed by atoms with Gasteiger partial charge in [0, 0.05) is 0 Å². The van der Waals surface area contributed by atoms with Crippen molar-refractivity contribution in [2.75, 3.05) is 0 Å². The molecule has 0 aromatic heterocycles. The van der Waals surface area contributed by atoms with Gasteiger partial charge >= 0.3 is 0 Å². The molecule has 1 aliphatic rings. The van der Waals surface area contributed by atoms with Crippen LogP contribution in [-0.2, 0) is 0 Å². The number of benzene rings is 5. The Hall–Kier alpha value is -4.94. The van der Waals surface area contributed by atoms with E-state index in [-0.39, 0.29) is 0 Å². The molecule has 0 unspecified atom stereocenters. The first-order chi connectivity index (χ1) is 20.6. The second kappa shape index (κ2) is 12.7. The Balaban J connectivity index is 1.27. The summed E-state index contributed by atoms with van der Waals surface area (Å²) in [5.74, 6) is 0. The van der Waals surface area contributed by atoms with Gasteiger partial charge in [-0.05, 0) is 94.5 Å². The van der Waals surface area contributed by atoms with Gasteiger partial charge in [-0.3, -0.25) is 0 Å². The Bertz CT molecular complexity index is 1760. The van der Waals surface area contributed by atoms with Gasteiger partial charge in [-0.2, -0.15) is 0 Å². The molecule has 0 amide bonds. The lowest BCUT2D eigenvalue weighted by Crippen LogP contribution is -1.95. The summed E-state index contributed by atoms with van der Waals surface area (Å²) in [4.78, 5) is 0. The highest BCUT2D eigenvalue weighted by molar-refractivity contribution is 5.92. The third-order valence-electron chi connectivity index (χ3n) is 8.01. The zero-order valence-electron chi connectivity index (χ0n) is 24.4. The molecule has 0 heteroatoms. The van der Waals surface area contributed by atoms with Crippen LogP contribution in [0, 0.1) is 6.92 Å². The molecule has 0 nitrogen and oxygen atoms in total. The van der Waals surface area contributed by atoms with Crippen LogP contribution in [0.4, 0.5) is 0 Å². The lowest BCUT2D eigenvalue weighted by atomic mass is 9.88. The molecule has 0 atom stereocenters. The summed E-state index contributed by atoms with van der Waals surface area (Å²) in [5, 5.41) is 0. The van der Waals surface area contributed by atoms with Crippen molar-refractivity contribution in [3.8, 4) is 11.1 Å². The third-order valence-corrected chi connectivity index (χ3v) is 8.01. The Morgan fingerprint density at radius 1 is 0.452 bits per heavy atom. The van der Waals surface area contributed by atoms with Crippen LogP contribution < -0.4 is 0 Å². The van der Waals surface area contributed by atoms with E-state index < -0.39 is 0 Å². The van der Waals surface area contributed by atoms with E-state index in [0.29, 0.717) is 0 Å². The summed E-state index contributed by atoms with van der Waals surface area (Å²) < 4.78 is 0. The van der Waals surface area contributed by atoms with Crippen LogP contribution >= 0.6 is 0 Å². The zero-order valence-corrected chi connectivity index (χ0v) is 24.4. The standard InChI is InChI=1S/C42H36/c1-31-13-21-39(22-14-31)41(37-9-5-3-6-10-37)29-33-17-25-35(26-18-33)36-27-19-34(20-28-36)30-42(38-11-7-4-8-12-38)40-23-15-32(2)16-24-40/h3-15,17-23,25-30H,16,24H2,1-2H3/b41-29+,42-30+. The monoisotopic (exact) mass is 540 g/mol. The number of allylic oxidation sites excluding steroid dienone is 5. The summed E-state index contributed by atoms with van der Waals surface area (Å²) in [6.45, 7) is 4.35. The lowest BCUT2D eigenvalue weighted by molar-refractivity contribution is 0.932. The van der Waals surface area contributed by atoms with Crippen molar-refractivity contribution in [1.29, 1.82) is 0 Å². The maximum absolute atomic E-state index is 2.34. The molecular weight excluding hydrogens is 504 g/mol. The Morgan fingerprint density at radius 3 is 1.43 bits per heavy atom. The van der Waals surface area contributed by atoms with Crippen LogP contribution in [-0.4, -0.2) is 0 Å². The topological polar surface area (TPSA) is 0 Å². The molecule has 0 saturated heterocycles. The van der Waals surface area contributed by atoms with Gasteiger partial charge in [0.25, 0.3) is 0 Å². The summed E-state index contributed by atoms with van der Waals surface area (Å²) in [7, 11) is 0. The maximum Gasteiger partial charge on any atom is -0.0105 e. The van der Waals surface area contributed by atoms with Crippen molar-refractivity contribution in [1.82, 2.24) is 0 Å². The Labute approximate surface area is 250 Å². The predicted octanol–water partition coefficient (Wildman–Crippen LogP) is 11.5. The fourth-order valence-electron chi connectivity index (χ4n) is 5.51. The minimum Gasteiger partial charge on any atom is -0.0730 e. The van der Waals surface area contributed by atoms with Crippen LogP contribution in [0.1, 0.15) is 53.1 Å². The molecule has 0 fully saturated rings. The molecule has 6 rings (SSSR count). The van der Waals surface area contributed by atoms with Crippen LogP contribution in [0.3, 0.4) is 0 Å². The van der Waals surface area contributed by atoms with Gasteiger partial charge in [-0.15, -0.1) is 0 Å². The van der Waals surface area contributed by atoms with Gasteiger partial charge in [0.1, 0.15) is 0 Å².